The van der Waals surface area contributed by atoms with E-state index in [0.717, 1.165) is 6.07 Å². The molecule has 0 aliphatic carbocycles. The number of nitro groups is 1. The fourth-order valence-corrected chi connectivity index (χ4v) is 2.33. The summed E-state index contributed by atoms with van der Waals surface area (Å²) in [5, 5.41) is 16.1. The SMILES string of the molecule is COc1ccc([N+](=O)[O-])cc1C(=O)O[C@@H](C)C(=O)Nc1ccc(NC(C)=O)cc1. The van der Waals surface area contributed by atoms with Crippen molar-refractivity contribution in [2.45, 2.75) is 20.0 Å². The molecule has 2 aromatic carbocycles. The molecular formula is C19H19N3O7. The maximum Gasteiger partial charge on any atom is 0.342 e. The summed E-state index contributed by atoms with van der Waals surface area (Å²) in [7, 11) is 1.30. The zero-order chi connectivity index (χ0) is 21.6. The van der Waals surface area contributed by atoms with Gasteiger partial charge in [-0.15, -0.1) is 0 Å². The van der Waals surface area contributed by atoms with E-state index in [1.165, 1.54) is 33.1 Å². The monoisotopic (exact) mass is 401 g/mol. The molecule has 0 saturated heterocycles. The van der Waals surface area contributed by atoms with E-state index in [9.17, 15) is 24.5 Å². The van der Waals surface area contributed by atoms with Crippen molar-refractivity contribution in [1.82, 2.24) is 0 Å². The van der Waals surface area contributed by atoms with Crippen LogP contribution < -0.4 is 15.4 Å². The van der Waals surface area contributed by atoms with Gasteiger partial charge in [0.2, 0.25) is 5.91 Å². The summed E-state index contributed by atoms with van der Waals surface area (Å²) in [5.41, 5.74) is 0.516. The Morgan fingerprint density at radius 2 is 1.62 bits per heavy atom. The molecule has 2 N–H and O–H groups in total. The predicted octanol–water partition coefficient (Wildman–Crippen LogP) is 2.75. The summed E-state index contributed by atoms with van der Waals surface area (Å²) in [6.45, 7) is 2.74. The molecule has 0 bridgehead atoms. The third-order valence-electron chi connectivity index (χ3n) is 3.74. The van der Waals surface area contributed by atoms with E-state index < -0.39 is 22.9 Å². The number of hydrogen-bond acceptors (Lipinski definition) is 7. The third-order valence-corrected chi connectivity index (χ3v) is 3.74. The first-order valence-corrected chi connectivity index (χ1v) is 8.43. The summed E-state index contributed by atoms with van der Waals surface area (Å²) in [6, 6.07) is 9.82. The maximum absolute atomic E-state index is 12.4. The Hall–Kier alpha value is -3.95. The number of carbonyl (C=O) groups excluding carboxylic acids is 3. The molecule has 1 atom stereocenters. The first-order valence-electron chi connectivity index (χ1n) is 8.43. The first-order chi connectivity index (χ1) is 13.7. The van der Waals surface area contributed by atoms with Crippen molar-refractivity contribution in [2.24, 2.45) is 0 Å². The summed E-state index contributed by atoms with van der Waals surface area (Å²) in [6.07, 6.45) is -1.18. The van der Waals surface area contributed by atoms with Gasteiger partial charge in [0.25, 0.3) is 11.6 Å². The van der Waals surface area contributed by atoms with Gasteiger partial charge in [-0.3, -0.25) is 19.7 Å². The molecule has 10 nitrogen and oxygen atoms in total. The van der Waals surface area contributed by atoms with E-state index in [1.54, 1.807) is 24.3 Å². The number of esters is 1. The van der Waals surface area contributed by atoms with Crippen LogP contribution in [0.4, 0.5) is 17.1 Å². The molecule has 2 amide bonds. The van der Waals surface area contributed by atoms with Crippen LogP contribution >= 0.6 is 0 Å². The summed E-state index contributed by atoms with van der Waals surface area (Å²) < 4.78 is 10.1. The van der Waals surface area contributed by atoms with Gasteiger partial charge in [0.05, 0.1) is 12.0 Å². The average molecular weight is 401 g/mol. The van der Waals surface area contributed by atoms with Gasteiger partial charge in [-0.2, -0.15) is 0 Å². The van der Waals surface area contributed by atoms with Crippen LogP contribution in [0.25, 0.3) is 0 Å². The third kappa shape index (κ3) is 5.76. The molecule has 2 rings (SSSR count). The second-order valence-electron chi connectivity index (χ2n) is 5.94. The minimum absolute atomic E-state index is 0.0850. The van der Waals surface area contributed by atoms with E-state index in [0.29, 0.717) is 11.4 Å². The van der Waals surface area contributed by atoms with Crippen LogP contribution in [0, 0.1) is 10.1 Å². The van der Waals surface area contributed by atoms with Gasteiger partial charge in [0, 0.05) is 30.4 Å². The van der Waals surface area contributed by atoms with E-state index in [-0.39, 0.29) is 22.9 Å². The maximum atomic E-state index is 12.4. The second-order valence-corrected chi connectivity index (χ2v) is 5.94. The van der Waals surface area contributed by atoms with Crippen LogP contribution in [0.15, 0.2) is 42.5 Å². The fourth-order valence-electron chi connectivity index (χ4n) is 2.33. The number of nitrogens with zero attached hydrogens (tertiary/aromatic N) is 1. The molecular weight excluding hydrogens is 382 g/mol. The molecule has 0 saturated carbocycles. The number of anilines is 2. The summed E-state index contributed by atoms with van der Waals surface area (Å²) >= 11 is 0. The lowest BCUT2D eigenvalue weighted by molar-refractivity contribution is -0.384. The highest BCUT2D eigenvalue weighted by molar-refractivity contribution is 5.99. The van der Waals surface area contributed by atoms with Crippen LogP contribution in [-0.2, 0) is 14.3 Å². The van der Waals surface area contributed by atoms with Crippen LogP contribution in [0.5, 0.6) is 5.75 Å². The Balaban J connectivity index is 2.05. The minimum Gasteiger partial charge on any atom is -0.496 e. The van der Waals surface area contributed by atoms with Crippen molar-refractivity contribution in [3.05, 3.63) is 58.1 Å². The molecule has 152 valence electrons. The quantitative estimate of drug-likeness (QED) is 0.413. The van der Waals surface area contributed by atoms with Gasteiger partial charge in [0.15, 0.2) is 6.10 Å². The van der Waals surface area contributed by atoms with Crippen LogP contribution in [0.2, 0.25) is 0 Å². The Labute approximate surface area is 166 Å². The van der Waals surface area contributed by atoms with Crippen LogP contribution in [-0.4, -0.2) is 35.9 Å². The zero-order valence-corrected chi connectivity index (χ0v) is 15.9. The fraction of sp³-hybridized carbons (Fsp3) is 0.211. The highest BCUT2D eigenvalue weighted by Gasteiger charge is 2.23. The number of nitrogens with one attached hydrogen (secondary N) is 2. The summed E-state index contributed by atoms with van der Waals surface area (Å²) in [4.78, 5) is 45.9. The first kappa shape index (κ1) is 21.4. The molecule has 0 aromatic heterocycles. The number of nitro benzene ring substituents is 1. The molecule has 0 fully saturated rings. The predicted molar refractivity (Wildman–Crippen MR) is 104 cm³/mol. The Kier molecular flexibility index (Phi) is 6.85. The lowest BCUT2D eigenvalue weighted by Gasteiger charge is -2.15. The van der Waals surface area contributed by atoms with Crippen molar-refractivity contribution in [2.75, 3.05) is 17.7 Å². The Bertz CT molecular complexity index is 941. The number of non-ortho nitro benzene ring substituents is 1. The number of ether oxygens (including phenoxy) is 2. The Morgan fingerprint density at radius 1 is 1.03 bits per heavy atom. The lowest BCUT2D eigenvalue weighted by atomic mass is 10.1. The minimum atomic E-state index is -1.18. The smallest absolute Gasteiger partial charge is 0.342 e. The van der Waals surface area contributed by atoms with Crippen molar-refractivity contribution < 1.29 is 28.8 Å². The Morgan fingerprint density at radius 3 is 2.14 bits per heavy atom. The molecule has 0 radical (unpaired) electrons. The summed E-state index contributed by atoms with van der Waals surface area (Å²) in [5.74, 6) is -1.68. The van der Waals surface area contributed by atoms with E-state index >= 15 is 0 Å². The number of hydrogen-bond donors (Lipinski definition) is 2. The number of amides is 2. The van der Waals surface area contributed by atoms with Crippen LogP contribution in [0.1, 0.15) is 24.2 Å². The van der Waals surface area contributed by atoms with E-state index in [1.807, 2.05) is 0 Å². The van der Waals surface area contributed by atoms with Gasteiger partial charge in [-0.1, -0.05) is 0 Å². The van der Waals surface area contributed by atoms with Crippen LogP contribution in [0.3, 0.4) is 0 Å². The number of rotatable bonds is 7. The number of methoxy groups -OCH3 is 1. The standard InChI is InChI=1S/C19H19N3O7/c1-11(18(24)21-14-6-4-13(5-7-14)20-12(2)23)29-19(25)16-10-15(22(26)27)8-9-17(16)28-3/h4-11H,1-3H3,(H,20,23)(H,21,24)/t11-/m0/s1. The van der Waals surface area contributed by atoms with Crippen molar-refractivity contribution in [1.29, 1.82) is 0 Å². The van der Waals surface area contributed by atoms with E-state index in [2.05, 4.69) is 10.6 Å². The van der Waals surface area contributed by atoms with Gasteiger partial charge < -0.3 is 20.1 Å². The van der Waals surface area contributed by atoms with Crippen molar-refractivity contribution in [3.63, 3.8) is 0 Å². The number of benzene rings is 2. The lowest BCUT2D eigenvalue weighted by Crippen LogP contribution is -2.30. The molecule has 0 unspecified atom stereocenters. The van der Waals surface area contributed by atoms with Gasteiger partial charge in [-0.25, -0.2) is 4.79 Å². The van der Waals surface area contributed by atoms with Gasteiger partial charge in [-0.05, 0) is 37.3 Å². The highest BCUT2D eigenvalue weighted by Crippen LogP contribution is 2.25. The van der Waals surface area contributed by atoms with Crippen molar-refractivity contribution in [3.8, 4) is 5.75 Å². The average Bonchev–Trinajstić information content (AvgIpc) is 2.68. The number of carbonyl (C=O) groups is 3. The normalized spacial score (nSPS) is 11.1. The molecule has 0 heterocycles. The second kappa shape index (κ2) is 9.31. The van der Waals surface area contributed by atoms with Gasteiger partial charge >= 0.3 is 5.97 Å². The topological polar surface area (TPSA) is 137 Å². The van der Waals surface area contributed by atoms with Crippen molar-refractivity contribution >= 4 is 34.8 Å². The molecule has 0 aliphatic heterocycles. The molecule has 10 heteroatoms. The highest BCUT2D eigenvalue weighted by atomic mass is 16.6. The van der Waals surface area contributed by atoms with Gasteiger partial charge in [0.1, 0.15) is 11.3 Å². The molecule has 0 spiro atoms. The molecule has 0 aliphatic rings. The molecule has 2 aromatic rings. The van der Waals surface area contributed by atoms with E-state index in [4.69, 9.17) is 9.47 Å². The molecule has 29 heavy (non-hydrogen) atoms. The zero-order valence-electron chi connectivity index (χ0n) is 15.9. The largest absolute Gasteiger partial charge is 0.496 e.